The van der Waals surface area contributed by atoms with Crippen LogP contribution in [0.2, 0.25) is 0 Å². The van der Waals surface area contributed by atoms with E-state index in [9.17, 15) is 0 Å². The molecule has 0 saturated heterocycles. The van der Waals surface area contributed by atoms with E-state index in [2.05, 4.69) is 76.4 Å². The Kier molecular flexibility index (Phi) is 5.98. The molecule has 0 aliphatic rings. The average molecular weight is 386 g/mol. The van der Waals surface area contributed by atoms with E-state index in [4.69, 9.17) is 11.6 Å². The molecule has 0 aliphatic heterocycles. The Labute approximate surface area is 133 Å². The summed E-state index contributed by atoms with van der Waals surface area (Å²) in [5, 5.41) is 3.46. The fraction of sp³-hybridized carbons (Fsp3) is 0.250. The molecule has 2 aromatic carbocycles. The van der Waals surface area contributed by atoms with Crippen molar-refractivity contribution in [2.75, 3.05) is 11.2 Å². The Morgan fingerprint density at radius 1 is 1.00 bits per heavy atom. The minimum atomic E-state index is 0.723. The summed E-state index contributed by atoms with van der Waals surface area (Å²) in [4.78, 5) is 0. The van der Waals surface area contributed by atoms with Crippen LogP contribution >= 0.6 is 34.2 Å². The lowest BCUT2D eigenvalue weighted by molar-refractivity contribution is 0.928. The summed E-state index contributed by atoms with van der Waals surface area (Å²) >= 11 is 8.05. The van der Waals surface area contributed by atoms with E-state index >= 15 is 0 Å². The third-order valence-corrected chi connectivity index (χ3v) is 3.92. The largest absolute Gasteiger partial charge is 0.381 e. The van der Waals surface area contributed by atoms with Gasteiger partial charge in [0.05, 0.1) is 0 Å². The van der Waals surface area contributed by atoms with Crippen LogP contribution in [-0.2, 0) is 13.0 Å². The van der Waals surface area contributed by atoms with Gasteiger partial charge in [-0.15, -0.1) is 11.6 Å². The number of nitrogens with one attached hydrogen (secondary N) is 1. The Balaban J connectivity index is 1.93. The third kappa shape index (κ3) is 5.03. The molecule has 3 heteroatoms. The summed E-state index contributed by atoms with van der Waals surface area (Å²) in [7, 11) is 0. The van der Waals surface area contributed by atoms with Crippen molar-refractivity contribution in [3.05, 3.63) is 63.2 Å². The molecule has 19 heavy (non-hydrogen) atoms. The highest BCUT2D eigenvalue weighted by Crippen LogP contribution is 2.14. The van der Waals surface area contributed by atoms with Gasteiger partial charge in [-0.3, -0.25) is 0 Å². The van der Waals surface area contributed by atoms with E-state index in [1.807, 2.05) is 0 Å². The molecule has 0 spiro atoms. The van der Waals surface area contributed by atoms with Crippen molar-refractivity contribution in [2.45, 2.75) is 19.4 Å². The molecule has 0 aromatic heterocycles. The van der Waals surface area contributed by atoms with E-state index < -0.39 is 0 Å². The lowest BCUT2D eigenvalue weighted by Gasteiger charge is -2.08. The highest BCUT2D eigenvalue weighted by atomic mass is 127. The summed E-state index contributed by atoms with van der Waals surface area (Å²) in [6, 6.07) is 17.2. The zero-order chi connectivity index (χ0) is 13.5. The van der Waals surface area contributed by atoms with Crippen molar-refractivity contribution in [1.82, 2.24) is 0 Å². The van der Waals surface area contributed by atoms with Gasteiger partial charge in [-0.2, -0.15) is 0 Å². The lowest BCUT2D eigenvalue weighted by Crippen LogP contribution is -2.00. The van der Waals surface area contributed by atoms with Crippen LogP contribution in [-0.4, -0.2) is 5.88 Å². The molecule has 0 bridgehead atoms. The van der Waals surface area contributed by atoms with Gasteiger partial charge < -0.3 is 5.32 Å². The third-order valence-electron chi connectivity index (χ3n) is 2.94. The number of halogens is 2. The maximum atomic E-state index is 5.73. The molecule has 0 radical (unpaired) electrons. The first-order chi connectivity index (χ1) is 9.28. The van der Waals surface area contributed by atoms with Crippen LogP contribution in [0.3, 0.4) is 0 Å². The van der Waals surface area contributed by atoms with Gasteiger partial charge in [-0.05, 0) is 70.8 Å². The molecule has 0 amide bonds. The highest BCUT2D eigenvalue weighted by Gasteiger charge is 1.97. The number of alkyl halides is 1. The number of aryl methyl sites for hydroxylation is 1. The predicted molar refractivity (Wildman–Crippen MR) is 92.0 cm³/mol. The van der Waals surface area contributed by atoms with E-state index in [1.54, 1.807) is 0 Å². The normalized spacial score (nSPS) is 10.4. The molecule has 2 aromatic rings. The molecule has 100 valence electrons. The fourth-order valence-corrected chi connectivity index (χ4v) is 2.41. The number of benzene rings is 2. The van der Waals surface area contributed by atoms with Crippen molar-refractivity contribution in [3.63, 3.8) is 0 Å². The molecule has 2 rings (SSSR count). The minimum Gasteiger partial charge on any atom is -0.381 e. The average Bonchev–Trinajstić information content (AvgIpc) is 2.45. The standard InChI is InChI=1S/C16H17ClIN/c17-10-2-4-13-3-1-5-16(11-13)19-12-14-6-8-15(18)9-7-14/h1,3,5-9,11,19H,2,4,10,12H2. The zero-order valence-electron chi connectivity index (χ0n) is 10.7. The molecule has 0 atom stereocenters. The summed E-state index contributed by atoms with van der Waals surface area (Å²) in [6.45, 7) is 0.857. The van der Waals surface area contributed by atoms with E-state index in [1.165, 1.54) is 20.4 Å². The minimum absolute atomic E-state index is 0.723. The molecular formula is C16H17ClIN. The van der Waals surface area contributed by atoms with Crippen LogP contribution in [0.4, 0.5) is 5.69 Å². The second-order valence-electron chi connectivity index (χ2n) is 4.47. The second kappa shape index (κ2) is 7.75. The molecule has 1 N–H and O–H groups in total. The Morgan fingerprint density at radius 2 is 1.79 bits per heavy atom. The second-order valence-corrected chi connectivity index (χ2v) is 6.10. The van der Waals surface area contributed by atoms with Crippen molar-refractivity contribution >= 4 is 39.9 Å². The van der Waals surface area contributed by atoms with Gasteiger partial charge in [0.25, 0.3) is 0 Å². The van der Waals surface area contributed by atoms with Crippen LogP contribution in [0.25, 0.3) is 0 Å². The first kappa shape index (κ1) is 14.7. The summed E-state index contributed by atoms with van der Waals surface area (Å²) in [5.74, 6) is 0.723. The summed E-state index contributed by atoms with van der Waals surface area (Å²) < 4.78 is 1.27. The molecule has 0 fully saturated rings. The predicted octanol–water partition coefficient (Wildman–Crippen LogP) is 5.07. The number of hydrogen-bond acceptors (Lipinski definition) is 1. The molecule has 0 unspecified atom stereocenters. The van der Waals surface area contributed by atoms with Gasteiger partial charge in [0.1, 0.15) is 0 Å². The SMILES string of the molecule is ClCCCc1cccc(NCc2ccc(I)cc2)c1. The Morgan fingerprint density at radius 3 is 2.53 bits per heavy atom. The van der Waals surface area contributed by atoms with Gasteiger partial charge in [-0.25, -0.2) is 0 Å². The monoisotopic (exact) mass is 385 g/mol. The summed E-state index contributed by atoms with van der Waals surface area (Å²) in [6.07, 6.45) is 2.07. The van der Waals surface area contributed by atoms with E-state index in [0.29, 0.717) is 0 Å². The topological polar surface area (TPSA) is 12.0 Å². The van der Waals surface area contributed by atoms with Crippen LogP contribution in [0.15, 0.2) is 48.5 Å². The smallest absolute Gasteiger partial charge is 0.0400 e. The molecule has 1 nitrogen and oxygen atoms in total. The fourth-order valence-electron chi connectivity index (χ4n) is 1.91. The van der Waals surface area contributed by atoms with Gasteiger partial charge in [0, 0.05) is 21.7 Å². The number of rotatable bonds is 6. The highest BCUT2D eigenvalue weighted by molar-refractivity contribution is 14.1. The first-order valence-electron chi connectivity index (χ1n) is 6.41. The van der Waals surface area contributed by atoms with Crippen molar-refractivity contribution in [3.8, 4) is 0 Å². The molecule has 0 aliphatic carbocycles. The van der Waals surface area contributed by atoms with Crippen molar-refractivity contribution < 1.29 is 0 Å². The van der Waals surface area contributed by atoms with Crippen molar-refractivity contribution in [2.24, 2.45) is 0 Å². The zero-order valence-corrected chi connectivity index (χ0v) is 13.6. The maximum absolute atomic E-state index is 5.73. The first-order valence-corrected chi connectivity index (χ1v) is 8.02. The van der Waals surface area contributed by atoms with Gasteiger partial charge in [0.15, 0.2) is 0 Å². The van der Waals surface area contributed by atoms with Crippen LogP contribution < -0.4 is 5.32 Å². The maximum Gasteiger partial charge on any atom is 0.0400 e. The van der Waals surface area contributed by atoms with Crippen LogP contribution in [0.1, 0.15) is 17.5 Å². The Hall–Kier alpha value is -0.740. The molecule has 0 heterocycles. The van der Waals surface area contributed by atoms with Crippen LogP contribution in [0, 0.1) is 3.57 Å². The quantitative estimate of drug-likeness (QED) is 0.540. The summed E-state index contributed by atoms with van der Waals surface area (Å²) in [5.41, 5.74) is 3.81. The van der Waals surface area contributed by atoms with Crippen molar-refractivity contribution in [1.29, 1.82) is 0 Å². The lowest BCUT2D eigenvalue weighted by atomic mass is 10.1. The number of hydrogen-bond donors (Lipinski definition) is 1. The van der Waals surface area contributed by atoms with Gasteiger partial charge >= 0.3 is 0 Å². The molecular weight excluding hydrogens is 369 g/mol. The Bertz CT molecular complexity index is 510. The van der Waals surface area contributed by atoms with Crippen LogP contribution in [0.5, 0.6) is 0 Å². The van der Waals surface area contributed by atoms with Gasteiger partial charge in [0.2, 0.25) is 0 Å². The van der Waals surface area contributed by atoms with E-state index in [-0.39, 0.29) is 0 Å². The van der Waals surface area contributed by atoms with E-state index in [0.717, 1.165) is 25.3 Å². The number of anilines is 1. The molecule has 0 saturated carbocycles. The van der Waals surface area contributed by atoms with Gasteiger partial charge in [-0.1, -0.05) is 24.3 Å².